The van der Waals surface area contributed by atoms with Crippen molar-refractivity contribution in [3.63, 3.8) is 0 Å². The van der Waals surface area contributed by atoms with Crippen LogP contribution in [0.25, 0.3) is 0 Å². The molecule has 144 valence electrons. The van der Waals surface area contributed by atoms with Crippen LogP contribution in [0, 0.1) is 0 Å². The average molecular weight is 398 g/mol. The van der Waals surface area contributed by atoms with Gasteiger partial charge in [0, 0.05) is 36.1 Å². The molecule has 0 radical (unpaired) electrons. The molecule has 0 saturated carbocycles. The Morgan fingerprint density at radius 3 is 2.69 bits per heavy atom. The summed E-state index contributed by atoms with van der Waals surface area (Å²) in [5, 5.41) is 12.8. The number of ether oxygens (including phenoxy) is 1. The Balaban J connectivity index is 1.70. The van der Waals surface area contributed by atoms with Crippen LogP contribution in [-0.2, 0) is 20.7 Å². The quantitative estimate of drug-likeness (QED) is 0.426. The van der Waals surface area contributed by atoms with Crippen LogP contribution in [0.4, 0.5) is 5.69 Å². The van der Waals surface area contributed by atoms with E-state index in [1.165, 1.54) is 18.6 Å². The second kappa shape index (κ2) is 11.5. The van der Waals surface area contributed by atoms with E-state index >= 15 is 0 Å². The molecule has 5 nitrogen and oxygen atoms in total. The van der Waals surface area contributed by atoms with Gasteiger partial charge in [0.1, 0.15) is 0 Å². The zero-order valence-corrected chi connectivity index (χ0v) is 16.7. The van der Waals surface area contributed by atoms with Crippen LogP contribution in [0.2, 0.25) is 0 Å². The zero-order chi connectivity index (χ0) is 18.8. The first-order chi connectivity index (χ1) is 12.6. The Labute approximate surface area is 163 Å². The van der Waals surface area contributed by atoms with E-state index in [4.69, 9.17) is 9.84 Å². The molecule has 2 N–H and O–H groups in total. The van der Waals surface area contributed by atoms with E-state index < -0.39 is 12.1 Å². The van der Waals surface area contributed by atoms with Crippen LogP contribution in [0.3, 0.4) is 0 Å². The molecule has 0 spiro atoms. The molecule has 1 amide bonds. The molecule has 1 aliphatic rings. The Morgan fingerprint density at radius 2 is 2.08 bits per heavy atom. The van der Waals surface area contributed by atoms with Crippen LogP contribution >= 0.6 is 21.6 Å². The summed E-state index contributed by atoms with van der Waals surface area (Å²) in [6.45, 7) is 2.14. The van der Waals surface area contributed by atoms with Crippen molar-refractivity contribution in [3.05, 3.63) is 29.8 Å². The first kappa shape index (κ1) is 21.1. The van der Waals surface area contributed by atoms with E-state index in [9.17, 15) is 9.59 Å². The number of carbonyl (C=O) groups is 2. The third kappa shape index (κ3) is 7.60. The molecular weight excluding hydrogens is 370 g/mol. The molecule has 1 fully saturated rings. The van der Waals surface area contributed by atoms with E-state index in [-0.39, 0.29) is 5.91 Å². The van der Waals surface area contributed by atoms with Crippen molar-refractivity contribution in [1.29, 1.82) is 0 Å². The summed E-state index contributed by atoms with van der Waals surface area (Å²) in [7, 11) is 3.94. The Hall–Kier alpha value is -1.18. The predicted octanol–water partition coefficient (Wildman–Crippen LogP) is 4.37. The van der Waals surface area contributed by atoms with Gasteiger partial charge >= 0.3 is 5.97 Å². The van der Waals surface area contributed by atoms with Crippen molar-refractivity contribution >= 4 is 39.2 Å². The Bertz CT molecular complexity index is 573. The van der Waals surface area contributed by atoms with Gasteiger partial charge in [-0.25, -0.2) is 4.79 Å². The molecule has 1 saturated heterocycles. The van der Waals surface area contributed by atoms with Gasteiger partial charge in [-0.2, -0.15) is 0 Å². The van der Waals surface area contributed by atoms with Crippen molar-refractivity contribution in [2.75, 3.05) is 17.7 Å². The summed E-state index contributed by atoms with van der Waals surface area (Å²) >= 11 is 0. The molecule has 26 heavy (non-hydrogen) atoms. The summed E-state index contributed by atoms with van der Waals surface area (Å²) < 4.78 is 5.22. The summed E-state index contributed by atoms with van der Waals surface area (Å²) in [4.78, 5) is 23.2. The van der Waals surface area contributed by atoms with E-state index in [0.717, 1.165) is 29.3 Å². The van der Waals surface area contributed by atoms with Gasteiger partial charge in [-0.1, -0.05) is 40.1 Å². The summed E-state index contributed by atoms with van der Waals surface area (Å²) in [5.74, 6) is 0.326. The number of carboxylic acid groups (broad SMARTS) is 1. The molecule has 2 rings (SSSR count). The van der Waals surface area contributed by atoms with Gasteiger partial charge in [0.25, 0.3) is 0 Å². The highest BCUT2D eigenvalue weighted by molar-refractivity contribution is 8.77. The highest BCUT2D eigenvalue weighted by Gasteiger charge is 2.18. The van der Waals surface area contributed by atoms with E-state index in [0.29, 0.717) is 19.4 Å². The van der Waals surface area contributed by atoms with Crippen LogP contribution < -0.4 is 5.32 Å². The highest BCUT2D eigenvalue weighted by atomic mass is 33.1. The molecule has 1 heterocycles. The monoisotopic (exact) mass is 397 g/mol. The predicted molar refractivity (Wildman–Crippen MR) is 109 cm³/mol. The lowest BCUT2D eigenvalue weighted by atomic mass is 10.1. The minimum atomic E-state index is -0.959. The lowest BCUT2D eigenvalue weighted by molar-refractivity contribution is -0.149. The number of hydrogen-bond donors (Lipinski definition) is 2. The zero-order valence-electron chi connectivity index (χ0n) is 15.1. The lowest BCUT2D eigenvalue weighted by Gasteiger charge is -2.13. The minimum Gasteiger partial charge on any atom is -0.479 e. The van der Waals surface area contributed by atoms with Crippen molar-refractivity contribution in [2.45, 2.75) is 56.8 Å². The third-order valence-electron chi connectivity index (χ3n) is 4.21. The highest BCUT2D eigenvalue weighted by Crippen LogP contribution is 2.39. The number of amides is 1. The summed E-state index contributed by atoms with van der Waals surface area (Å²) in [5.41, 5.74) is 1.61. The SMILES string of the molecule is CCO[C@@H](Cc1ccc(NC(=O)CCCC[C@@H]2CCSS2)cc1)C(=O)O. The second-order valence-electron chi connectivity index (χ2n) is 6.31. The number of benzene rings is 1. The van der Waals surface area contributed by atoms with Gasteiger partial charge < -0.3 is 15.2 Å². The molecule has 1 aromatic rings. The van der Waals surface area contributed by atoms with Crippen LogP contribution in [0.5, 0.6) is 0 Å². The van der Waals surface area contributed by atoms with E-state index in [1.807, 2.05) is 45.9 Å². The molecular formula is C19H27NO4S2. The summed E-state index contributed by atoms with van der Waals surface area (Å²) in [6.07, 6.45) is 4.52. The largest absolute Gasteiger partial charge is 0.479 e. The molecule has 1 aromatic carbocycles. The standard InChI is InChI=1S/C19H27NO4S2/c1-2-24-17(19(22)23)13-14-7-9-15(10-8-14)20-18(21)6-4-3-5-16-11-12-25-26-16/h7-10,16-17H,2-6,11-13H2,1H3,(H,20,21)(H,22,23)/t16-,17+/m1/s1. The van der Waals surface area contributed by atoms with Crippen LogP contribution in [-0.4, -0.2) is 40.7 Å². The van der Waals surface area contributed by atoms with Crippen molar-refractivity contribution in [2.24, 2.45) is 0 Å². The van der Waals surface area contributed by atoms with Gasteiger partial charge in [0.2, 0.25) is 5.91 Å². The number of carboxylic acids is 1. The third-order valence-corrected chi connectivity index (χ3v) is 7.22. The number of rotatable bonds is 11. The molecule has 2 atom stereocenters. The lowest BCUT2D eigenvalue weighted by Crippen LogP contribution is -2.26. The number of nitrogens with one attached hydrogen (secondary N) is 1. The number of unbranched alkanes of at least 4 members (excludes halogenated alkanes) is 1. The number of hydrogen-bond acceptors (Lipinski definition) is 5. The van der Waals surface area contributed by atoms with Crippen molar-refractivity contribution in [3.8, 4) is 0 Å². The van der Waals surface area contributed by atoms with Crippen molar-refractivity contribution in [1.82, 2.24) is 0 Å². The van der Waals surface area contributed by atoms with Gasteiger partial charge in [0.05, 0.1) is 0 Å². The van der Waals surface area contributed by atoms with E-state index in [2.05, 4.69) is 5.32 Å². The van der Waals surface area contributed by atoms with Gasteiger partial charge in [0.15, 0.2) is 6.10 Å². The molecule has 0 unspecified atom stereocenters. The van der Waals surface area contributed by atoms with Gasteiger partial charge in [-0.3, -0.25) is 4.79 Å². The Kier molecular flexibility index (Phi) is 9.36. The average Bonchev–Trinajstić information content (AvgIpc) is 3.13. The molecule has 0 bridgehead atoms. The fourth-order valence-corrected chi connectivity index (χ4v) is 5.83. The molecule has 1 aliphatic heterocycles. The first-order valence-corrected chi connectivity index (χ1v) is 11.5. The Morgan fingerprint density at radius 1 is 1.31 bits per heavy atom. The molecule has 0 aromatic heterocycles. The smallest absolute Gasteiger partial charge is 0.333 e. The number of anilines is 1. The maximum absolute atomic E-state index is 12.0. The topological polar surface area (TPSA) is 75.6 Å². The first-order valence-electron chi connectivity index (χ1n) is 9.10. The van der Waals surface area contributed by atoms with Crippen LogP contribution in [0.15, 0.2) is 24.3 Å². The minimum absolute atomic E-state index is 0.0314. The molecule has 0 aliphatic carbocycles. The van der Waals surface area contributed by atoms with Gasteiger partial charge in [-0.05, 0) is 43.9 Å². The normalized spacial score (nSPS) is 17.8. The fourth-order valence-electron chi connectivity index (χ4n) is 2.80. The fraction of sp³-hybridized carbons (Fsp3) is 0.579. The van der Waals surface area contributed by atoms with E-state index in [1.54, 1.807) is 6.92 Å². The maximum atomic E-state index is 12.0. The summed E-state index contributed by atoms with van der Waals surface area (Å²) in [6, 6.07) is 7.29. The van der Waals surface area contributed by atoms with Gasteiger partial charge in [-0.15, -0.1) is 0 Å². The maximum Gasteiger partial charge on any atom is 0.333 e. The number of carbonyl (C=O) groups excluding carboxylic acids is 1. The molecule has 7 heteroatoms. The van der Waals surface area contributed by atoms with Crippen LogP contribution in [0.1, 0.15) is 44.6 Å². The number of aliphatic carboxylic acids is 1. The van der Waals surface area contributed by atoms with Crippen molar-refractivity contribution < 1.29 is 19.4 Å². The second-order valence-corrected chi connectivity index (χ2v) is 9.09.